The molecule has 28 heavy (non-hydrogen) atoms. The van der Waals surface area contributed by atoms with Gasteiger partial charge in [0.1, 0.15) is 11.6 Å². The molecule has 1 atom stereocenters. The molecule has 3 aromatic rings. The highest BCUT2D eigenvalue weighted by atomic mass is 19.1. The Bertz CT molecular complexity index is 1020. The topological polar surface area (TPSA) is 81.8 Å². The Morgan fingerprint density at radius 2 is 2.18 bits per heavy atom. The summed E-state index contributed by atoms with van der Waals surface area (Å²) < 4.78 is 25.7. The van der Waals surface area contributed by atoms with E-state index in [0.717, 1.165) is 25.6 Å². The summed E-state index contributed by atoms with van der Waals surface area (Å²) >= 11 is 0. The summed E-state index contributed by atoms with van der Waals surface area (Å²) in [6.45, 7) is 2.76. The summed E-state index contributed by atoms with van der Waals surface area (Å²) in [5, 5.41) is 4.60. The van der Waals surface area contributed by atoms with Gasteiger partial charge in [0.05, 0.1) is 32.2 Å². The molecule has 0 aromatic carbocycles. The van der Waals surface area contributed by atoms with Crippen molar-refractivity contribution in [2.45, 2.75) is 25.8 Å². The van der Waals surface area contributed by atoms with Gasteiger partial charge >= 0.3 is 5.97 Å². The molecule has 1 aliphatic rings. The van der Waals surface area contributed by atoms with Crippen LogP contribution in [0.4, 0.5) is 10.2 Å². The second-order valence-corrected chi connectivity index (χ2v) is 6.43. The smallest absolute Gasteiger partial charge is 0.358 e. The monoisotopic (exact) mass is 385 g/mol. The Balaban J connectivity index is 1.74. The van der Waals surface area contributed by atoms with Crippen LogP contribution in [0.15, 0.2) is 30.6 Å². The molecule has 1 fully saturated rings. The third-order valence-corrected chi connectivity index (χ3v) is 4.78. The predicted octanol–water partition coefficient (Wildman–Crippen LogP) is 2.79. The average molecular weight is 385 g/mol. The molecule has 0 bridgehead atoms. The Labute approximate surface area is 160 Å². The number of halogens is 1. The summed E-state index contributed by atoms with van der Waals surface area (Å²) in [5.74, 6) is 0.165. The fraction of sp³-hybridized carbons (Fsp3) is 0.368. The lowest BCUT2D eigenvalue weighted by atomic mass is 10.1. The molecule has 0 unspecified atom stereocenters. The van der Waals surface area contributed by atoms with E-state index in [0.29, 0.717) is 22.9 Å². The van der Waals surface area contributed by atoms with Gasteiger partial charge in [-0.15, -0.1) is 5.10 Å². The molecular formula is C19H20FN5O3. The molecule has 0 amide bonds. The number of fused-ring (bicyclic) bond motifs is 1. The van der Waals surface area contributed by atoms with Gasteiger partial charge in [0.2, 0.25) is 5.88 Å². The molecule has 3 aromatic heterocycles. The second kappa shape index (κ2) is 7.41. The largest absolute Gasteiger partial charge is 0.481 e. The number of methoxy groups -OCH3 is 1. The van der Waals surface area contributed by atoms with Crippen molar-refractivity contribution in [3.05, 3.63) is 47.7 Å². The normalized spacial score (nSPS) is 16.5. The zero-order valence-electron chi connectivity index (χ0n) is 15.6. The number of carbonyl (C=O) groups excluding carboxylic acids is 1. The maximum atomic E-state index is 13.8. The number of hydrogen-bond acceptors (Lipinski definition) is 7. The van der Waals surface area contributed by atoms with E-state index in [1.54, 1.807) is 13.0 Å². The van der Waals surface area contributed by atoms with Crippen molar-refractivity contribution in [2.24, 2.45) is 0 Å². The number of rotatable bonds is 5. The summed E-state index contributed by atoms with van der Waals surface area (Å²) in [7, 11) is 1.52. The van der Waals surface area contributed by atoms with Crippen molar-refractivity contribution in [3.63, 3.8) is 0 Å². The number of imidazole rings is 1. The fourth-order valence-corrected chi connectivity index (χ4v) is 3.58. The molecule has 4 heterocycles. The molecule has 1 saturated heterocycles. The maximum Gasteiger partial charge on any atom is 0.358 e. The van der Waals surface area contributed by atoms with Gasteiger partial charge in [0, 0.05) is 12.1 Å². The number of hydrogen-bond donors (Lipinski definition) is 0. The number of carbonyl (C=O) groups is 1. The molecule has 4 rings (SSSR count). The van der Waals surface area contributed by atoms with E-state index in [9.17, 15) is 9.18 Å². The van der Waals surface area contributed by atoms with Crippen molar-refractivity contribution in [1.29, 1.82) is 0 Å². The van der Waals surface area contributed by atoms with Crippen LogP contribution in [0, 0.1) is 5.82 Å². The van der Waals surface area contributed by atoms with Crippen molar-refractivity contribution in [3.8, 4) is 5.88 Å². The zero-order chi connectivity index (χ0) is 19.7. The van der Waals surface area contributed by atoms with Crippen LogP contribution in [0.5, 0.6) is 5.88 Å². The first kappa shape index (κ1) is 18.1. The van der Waals surface area contributed by atoms with E-state index in [1.807, 2.05) is 6.07 Å². The third kappa shape index (κ3) is 3.12. The predicted molar refractivity (Wildman–Crippen MR) is 99.0 cm³/mol. The molecule has 146 valence electrons. The number of pyridine rings is 1. The van der Waals surface area contributed by atoms with Crippen molar-refractivity contribution < 1.29 is 18.7 Å². The molecule has 8 nitrogen and oxygen atoms in total. The summed E-state index contributed by atoms with van der Waals surface area (Å²) in [6, 6.07) is 4.96. The van der Waals surface area contributed by atoms with Gasteiger partial charge in [0.25, 0.3) is 0 Å². The van der Waals surface area contributed by atoms with Crippen LogP contribution < -0.4 is 9.64 Å². The molecule has 0 N–H and O–H groups in total. The van der Waals surface area contributed by atoms with E-state index in [1.165, 1.54) is 23.9 Å². The molecule has 0 aliphatic carbocycles. The van der Waals surface area contributed by atoms with E-state index < -0.39 is 11.8 Å². The van der Waals surface area contributed by atoms with Crippen LogP contribution in [0.1, 0.15) is 41.9 Å². The highest BCUT2D eigenvalue weighted by Crippen LogP contribution is 2.38. The Kier molecular flexibility index (Phi) is 4.81. The summed E-state index contributed by atoms with van der Waals surface area (Å²) in [6.07, 6.45) is 4.32. The number of anilines is 1. The molecule has 0 radical (unpaired) electrons. The van der Waals surface area contributed by atoms with E-state index >= 15 is 0 Å². The van der Waals surface area contributed by atoms with E-state index in [-0.39, 0.29) is 18.3 Å². The Morgan fingerprint density at radius 3 is 2.96 bits per heavy atom. The van der Waals surface area contributed by atoms with Gasteiger partial charge in [-0.1, -0.05) is 0 Å². The number of nitrogens with zero attached hydrogens (tertiary/aromatic N) is 5. The van der Waals surface area contributed by atoms with Gasteiger partial charge in [-0.2, -0.15) is 0 Å². The van der Waals surface area contributed by atoms with Gasteiger partial charge in [-0.05, 0) is 38.0 Å². The minimum atomic E-state index is -0.478. The minimum Gasteiger partial charge on any atom is -0.481 e. The SMILES string of the molecule is CCOC(=O)c1cnc2ccc(N3CCC[C@@H]3c3cc(F)cnc3OC)nn12. The Hall–Kier alpha value is -3.23. The van der Waals surface area contributed by atoms with Crippen LogP contribution in [-0.4, -0.2) is 45.8 Å². The minimum absolute atomic E-state index is 0.127. The highest BCUT2D eigenvalue weighted by Gasteiger charge is 2.31. The van der Waals surface area contributed by atoms with Crippen molar-refractivity contribution >= 4 is 17.4 Å². The first-order chi connectivity index (χ1) is 13.6. The number of ether oxygens (including phenoxy) is 2. The van der Waals surface area contributed by atoms with Crippen LogP contribution >= 0.6 is 0 Å². The highest BCUT2D eigenvalue weighted by molar-refractivity contribution is 5.88. The first-order valence-electron chi connectivity index (χ1n) is 9.10. The first-order valence-corrected chi connectivity index (χ1v) is 9.10. The molecule has 0 saturated carbocycles. The third-order valence-electron chi connectivity index (χ3n) is 4.78. The molecular weight excluding hydrogens is 365 g/mol. The van der Waals surface area contributed by atoms with Gasteiger partial charge in [0.15, 0.2) is 11.3 Å². The molecule has 1 aliphatic heterocycles. The average Bonchev–Trinajstić information content (AvgIpc) is 3.34. The standard InChI is InChI=1S/C19H20FN5O3/c1-3-28-19(26)15-11-21-16-6-7-17(23-25(15)16)24-8-4-5-14(24)13-9-12(20)10-22-18(13)27-2/h6-7,9-11,14H,3-5,8H2,1-2H3/t14-/m1/s1. The molecule has 0 spiro atoms. The second-order valence-electron chi connectivity index (χ2n) is 6.43. The van der Waals surface area contributed by atoms with Crippen LogP contribution in [0.25, 0.3) is 5.65 Å². The van der Waals surface area contributed by atoms with Crippen LogP contribution in [0.2, 0.25) is 0 Å². The maximum absolute atomic E-state index is 13.8. The van der Waals surface area contributed by atoms with Crippen molar-refractivity contribution in [2.75, 3.05) is 25.2 Å². The number of esters is 1. The van der Waals surface area contributed by atoms with E-state index in [4.69, 9.17) is 9.47 Å². The van der Waals surface area contributed by atoms with Gasteiger partial charge < -0.3 is 14.4 Å². The van der Waals surface area contributed by atoms with Crippen molar-refractivity contribution in [1.82, 2.24) is 19.6 Å². The lowest BCUT2D eigenvalue weighted by Gasteiger charge is -2.26. The van der Waals surface area contributed by atoms with Gasteiger partial charge in [-0.25, -0.2) is 23.7 Å². The lowest BCUT2D eigenvalue weighted by Crippen LogP contribution is -2.25. The van der Waals surface area contributed by atoms with Crippen LogP contribution in [0.3, 0.4) is 0 Å². The fourth-order valence-electron chi connectivity index (χ4n) is 3.58. The number of aromatic nitrogens is 4. The Morgan fingerprint density at radius 1 is 1.32 bits per heavy atom. The molecule has 9 heteroatoms. The summed E-state index contributed by atoms with van der Waals surface area (Å²) in [5.41, 5.74) is 1.49. The quantitative estimate of drug-likeness (QED) is 0.625. The lowest BCUT2D eigenvalue weighted by molar-refractivity contribution is 0.0517. The van der Waals surface area contributed by atoms with E-state index in [2.05, 4.69) is 20.0 Å². The van der Waals surface area contributed by atoms with Gasteiger partial charge in [-0.3, -0.25) is 0 Å². The van der Waals surface area contributed by atoms with Crippen LogP contribution in [-0.2, 0) is 4.74 Å². The summed E-state index contributed by atoms with van der Waals surface area (Å²) in [4.78, 5) is 22.5. The zero-order valence-corrected chi connectivity index (χ0v) is 15.6.